The molecule has 4 fully saturated rings. The van der Waals surface area contributed by atoms with Gasteiger partial charge < -0.3 is 0 Å². The third-order valence-electron chi connectivity index (χ3n) is 5.06. The molecule has 3 nitrogen and oxygen atoms in total. The van der Waals surface area contributed by atoms with Gasteiger partial charge in [-0.2, -0.15) is 8.42 Å². The van der Waals surface area contributed by atoms with E-state index < -0.39 is 10.1 Å². The summed E-state index contributed by atoms with van der Waals surface area (Å²) in [4.78, 5) is 0. The van der Waals surface area contributed by atoms with E-state index in [2.05, 4.69) is 0 Å². The largest absolute Gasteiger partial charge is 0.270 e. The summed E-state index contributed by atoms with van der Waals surface area (Å²) in [5.41, 5.74) is 0.191. The Morgan fingerprint density at radius 2 is 1.59 bits per heavy atom. The quantitative estimate of drug-likeness (QED) is 0.731. The van der Waals surface area contributed by atoms with Crippen molar-refractivity contribution in [2.24, 2.45) is 23.2 Å². The molecule has 0 aromatic heterocycles. The molecule has 4 aliphatic rings. The molecule has 4 rings (SSSR count). The zero-order valence-corrected chi connectivity index (χ0v) is 11.3. The fourth-order valence-electron chi connectivity index (χ4n) is 4.78. The van der Waals surface area contributed by atoms with Crippen molar-refractivity contribution in [3.8, 4) is 0 Å². The molecule has 17 heavy (non-hydrogen) atoms. The number of hydrogen-bond acceptors (Lipinski definition) is 3. The Kier molecular flexibility index (Phi) is 2.78. The minimum atomic E-state index is -3.28. The SMILES string of the molecule is CS(=O)(=O)OCC12CC3CCC(CC(C3)C1)C2. The van der Waals surface area contributed by atoms with Gasteiger partial charge in [-0.05, 0) is 55.3 Å². The zero-order chi connectivity index (χ0) is 12.1. The average Bonchev–Trinajstić information content (AvgIpc) is 2.42. The lowest BCUT2D eigenvalue weighted by Gasteiger charge is -2.47. The molecular formula is C13H22O3S. The fourth-order valence-corrected chi connectivity index (χ4v) is 5.24. The molecule has 4 saturated carbocycles. The van der Waals surface area contributed by atoms with Crippen LogP contribution in [0.3, 0.4) is 0 Å². The average molecular weight is 258 g/mol. The van der Waals surface area contributed by atoms with Crippen LogP contribution < -0.4 is 0 Å². The molecule has 2 atom stereocenters. The van der Waals surface area contributed by atoms with Gasteiger partial charge in [-0.25, -0.2) is 0 Å². The van der Waals surface area contributed by atoms with E-state index in [0.717, 1.165) is 17.8 Å². The van der Waals surface area contributed by atoms with E-state index in [9.17, 15) is 8.42 Å². The van der Waals surface area contributed by atoms with Crippen LogP contribution >= 0.6 is 0 Å². The lowest BCUT2D eigenvalue weighted by molar-refractivity contribution is -0.00157. The zero-order valence-electron chi connectivity index (χ0n) is 10.5. The standard InChI is InChI=1S/C13H22O3S/c1-17(14,15)16-9-13-6-10-2-3-11(7-13)5-12(4-10)8-13/h10-12H,2-9H2,1H3. The number of fused-ring (bicyclic) bond motifs is 1. The van der Waals surface area contributed by atoms with Crippen molar-refractivity contribution in [2.75, 3.05) is 12.9 Å². The summed E-state index contributed by atoms with van der Waals surface area (Å²) < 4.78 is 27.5. The highest BCUT2D eigenvalue weighted by Gasteiger charge is 2.48. The second-order valence-corrected chi connectivity index (χ2v) is 8.37. The maximum absolute atomic E-state index is 11.2. The van der Waals surface area contributed by atoms with E-state index in [1.54, 1.807) is 0 Å². The second kappa shape index (κ2) is 3.95. The summed E-state index contributed by atoms with van der Waals surface area (Å²) in [6.07, 6.45) is 10.3. The van der Waals surface area contributed by atoms with E-state index >= 15 is 0 Å². The molecule has 0 N–H and O–H groups in total. The van der Waals surface area contributed by atoms with Gasteiger partial charge >= 0.3 is 0 Å². The molecular weight excluding hydrogens is 236 g/mol. The van der Waals surface area contributed by atoms with E-state index in [-0.39, 0.29) is 5.41 Å². The first-order chi connectivity index (χ1) is 7.94. The third-order valence-corrected chi connectivity index (χ3v) is 5.61. The maximum Gasteiger partial charge on any atom is 0.264 e. The van der Waals surface area contributed by atoms with Crippen LogP contribution in [0.4, 0.5) is 0 Å². The molecule has 0 spiro atoms. The van der Waals surface area contributed by atoms with Crippen molar-refractivity contribution in [3.05, 3.63) is 0 Å². The number of rotatable bonds is 3. The van der Waals surface area contributed by atoms with Gasteiger partial charge in [0.15, 0.2) is 0 Å². The molecule has 98 valence electrons. The van der Waals surface area contributed by atoms with Gasteiger partial charge in [0, 0.05) is 0 Å². The Balaban J connectivity index is 1.77. The first-order valence-corrected chi connectivity index (χ1v) is 8.60. The topological polar surface area (TPSA) is 43.4 Å². The van der Waals surface area contributed by atoms with Crippen molar-refractivity contribution in [2.45, 2.75) is 44.9 Å². The van der Waals surface area contributed by atoms with Gasteiger partial charge in [0.2, 0.25) is 0 Å². The Morgan fingerprint density at radius 1 is 1.06 bits per heavy atom. The van der Waals surface area contributed by atoms with Crippen LogP contribution in [-0.4, -0.2) is 21.3 Å². The monoisotopic (exact) mass is 258 g/mol. The summed E-state index contributed by atoms with van der Waals surface area (Å²) in [5.74, 6) is 2.52. The molecule has 0 saturated heterocycles. The van der Waals surface area contributed by atoms with E-state index in [0.29, 0.717) is 6.61 Å². The lowest BCUT2D eigenvalue weighted by Crippen LogP contribution is -2.41. The highest BCUT2D eigenvalue weighted by atomic mass is 32.2. The fraction of sp³-hybridized carbons (Fsp3) is 1.00. The Labute approximate surface area is 104 Å². The highest BCUT2D eigenvalue weighted by molar-refractivity contribution is 7.85. The Morgan fingerprint density at radius 3 is 2.12 bits per heavy atom. The van der Waals surface area contributed by atoms with Crippen molar-refractivity contribution in [3.63, 3.8) is 0 Å². The van der Waals surface area contributed by atoms with E-state index in [1.165, 1.54) is 51.2 Å². The predicted octanol–water partition coefficient (Wildman–Crippen LogP) is 2.57. The third kappa shape index (κ3) is 2.53. The molecule has 0 heterocycles. The minimum absolute atomic E-state index is 0.191. The molecule has 0 radical (unpaired) electrons. The Bertz CT molecular complexity index is 385. The van der Waals surface area contributed by atoms with Crippen LogP contribution in [0.5, 0.6) is 0 Å². The van der Waals surface area contributed by atoms with Gasteiger partial charge in [-0.1, -0.05) is 12.8 Å². The molecule has 4 heteroatoms. The van der Waals surface area contributed by atoms with Crippen LogP contribution in [0.1, 0.15) is 44.9 Å². The van der Waals surface area contributed by atoms with Crippen molar-refractivity contribution < 1.29 is 12.6 Å². The normalized spacial score (nSPS) is 44.9. The first kappa shape index (κ1) is 12.0. The van der Waals surface area contributed by atoms with Gasteiger partial charge in [-0.15, -0.1) is 0 Å². The predicted molar refractivity (Wildman–Crippen MR) is 66.0 cm³/mol. The summed E-state index contributed by atoms with van der Waals surface area (Å²) in [6, 6.07) is 0. The molecule has 0 amide bonds. The lowest BCUT2D eigenvalue weighted by atomic mass is 9.59. The van der Waals surface area contributed by atoms with Crippen molar-refractivity contribution in [1.29, 1.82) is 0 Å². The first-order valence-electron chi connectivity index (χ1n) is 6.79. The summed E-state index contributed by atoms with van der Waals surface area (Å²) in [6.45, 7) is 0.440. The number of hydrogen-bond donors (Lipinski definition) is 0. The van der Waals surface area contributed by atoms with Crippen LogP contribution in [0.25, 0.3) is 0 Å². The van der Waals surface area contributed by atoms with Crippen LogP contribution in [-0.2, 0) is 14.3 Å². The smallest absolute Gasteiger partial charge is 0.264 e. The van der Waals surface area contributed by atoms with Gasteiger partial charge in [0.25, 0.3) is 10.1 Å². The highest BCUT2D eigenvalue weighted by Crippen LogP contribution is 2.57. The van der Waals surface area contributed by atoms with Gasteiger partial charge in [-0.3, -0.25) is 4.18 Å². The van der Waals surface area contributed by atoms with E-state index in [4.69, 9.17) is 4.18 Å². The van der Waals surface area contributed by atoms with Gasteiger partial charge in [0.05, 0.1) is 12.9 Å². The van der Waals surface area contributed by atoms with E-state index in [1.807, 2.05) is 0 Å². The van der Waals surface area contributed by atoms with Gasteiger partial charge in [0.1, 0.15) is 0 Å². The summed E-state index contributed by atoms with van der Waals surface area (Å²) >= 11 is 0. The van der Waals surface area contributed by atoms with Crippen molar-refractivity contribution >= 4 is 10.1 Å². The van der Waals surface area contributed by atoms with Crippen LogP contribution in [0.2, 0.25) is 0 Å². The molecule has 2 unspecified atom stereocenters. The summed E-state index contributed by atoms with van der Waals surface area (Å²) in [7, 11) is -3.28. The van der Waals surface area contributed by atoms with Crippen molar-refractivity contribution in [1.82, 2.24) is 0 Å². The molecule has 4 aliphatic carbocycles. The maximum atomic E-state index is 11.2. The molecule has 0 aliphatic heterocycles. The summed E-state index contributed by atoms with van der Waals surface area (Å²) in [5, 5.41) is 0. The molecule has 0 aromatic rings. The minimum Gasteiger partial charge on any atom is -0.270 e. The Hall–Kier alpha value is -0.0900. The molecule has 0 aromatic carbocycles. The molecule has 4 bridgehead atoms. The second-order valence-electron chi connectivity index (χ2n) is 6.73. The van der Waals surface area contributed by atoms with Crippen LogP contribution in [0, 0.1) is 23.2 Å². The van der Waals surface area contributed by atoms with Crippen LogP contribution in [0.15, 0.2) is 0 Å².